The maximum Gasteiger partial charge on any atom is 0.0532 e. The molecular weight excluding hydrogens is 486 g/mol. The molecule has 0 aromatic carbocycles. The van der Waals surface area contributed by atoms with Gasteiger partial charge >= 0.3 is 0 Å². The van der Waals surface area contributed by atoms with Gasteiger partial charge in [0.2, 0.25) is 0 Å². The SMILES string of the molecule is C[CH-]C.[CH-]1COCCN1.[Re].[Re]. The molecule has 2 radical (unpaired) electrons. The van der Waals surface area contributed by atoms with Gasteiger partial charge in [0.1, 0.15) is 0 Å². The van der Waals surface area contributed by atoms with Crippen molar-refractivity contribution in [1.29, 1.82) is 0 Å². The third-order valence-electron chi connectivity index (χ3n) is 0.736. The van der Waals surface area contributed by atoms with Crippen LogP contribution in [-0.4, -0.2) is 19.8 Å². The van der Waals surface area contributed by atoms with Crippen molar-refractivity contribution in [3.63, 3.8) is 0 Å². The molecule has 1 N–H and O–H groups in total. The van der Waals surface area contributed by atoms with Gasteiger partial charge in [0.25, 0.3) is 0 Å². The van der Waals surface area contributed by atoms with Crippen LogP contribution in [0, 0.1) is 13.0 Å². The molecule has 0 aliphatic carbocycles. The van der Waals surface area contributed by atoms with Gasteiger partial charge in [0.05, 0.1) is 6.61 Å². The summed E-state index contributed by atoms with van der Waals surface area (Å²) in [6.07, 6.45) is 2.00. The molecule has 4 heteroatoms. The van der Waals surface area contributed by atoms with Crippen LogP contribution in [0.5, 0.6) is 0 Å². The van der Waals surface area contributed by atoms with Crippen LogP contribution in [0.1, 0.15) is 13.8 Å². The zero-order valence-electron chi connectivity index (χ0n) is 6.94. The maximum absolute atomic E-state index is 4.95. The first-order valence-electron chi connectivity index (χ1n) is 3.28. The fourth-order valence-corrected chi connectivity index (χ4v) is 0.434. The molecule has 1 heterocycles. The van der Waals surface area contributed by atoms with Crippen molar-refractivity contribution in [3.8, 4) is 0 Å². The molecule has 0 saturated carbocycles. The van der Waals surface area contributed by atoms with Crippen LogP contribution in [0.25, 0.3) is 0 Å². The second-order valence-electron chi connectivity index (χ2n) is 1.81. The minimum atomic E-state index is 0. The van der Waals surface area contributed by atoms with E-state index >= 15 is 0 Å². The number of hydrogen-bond acceptors (Lipinski definition) is 2. The van der Waals surface area contributed by atoms with Gasteiger partial charge in [-0.3, -0.25) is 0 Å². The topological polar surface area (TPSA) is 21.3 Å². The molecule has 0 bridgehead atoms. The zero-order valence-corrected chi connectivity index (χ0v) is 12.4. The van der Waals surface area contributed by atoms with Gasteiger partial charge in [-0.05, 0) is 6.54 Å². The monoisotopic (exact) mass is 503 g/mol. The van der Waals surface area contributed by atoms with E-state index in [1.807, 2.05) is 26.8 Å². The summed E-state index contributed by atoms with van der Waals surface area (Å²) in [5.41, 5.74) is 0. The first kappa shape index (κ1) is 18.1. The molecule has 0 unspecified atom stereocenters. The Balaban J connectivity index is -0.000000116. The smallest absolute Gasteiger partial charge is 0.0532 e. The standard InChI is InChI=1S/C4H8NO.C3H7.2Re/c1-3-6-4-2-5-1;1-3-2;;/h1,5H,2-4H2;3H,1-2H3;;/q2*-1;;. The first-order valence-corrected chi connectivity index (χ1v) is 3.28. The van der Waals surface area contributed by atoms with Gasteiger partial charge in [0.15, 0.2) is 0 Å². The van der Waals surface area contributed by atoms with E-state index in [4.69, 9.17) is 4.74 Å². The third-order valence-corrected chi connectivity index (χ3v) is 0.736. The third kappa shape index (κ3) is 18.3. The van der Waals surface area contributed by atoms with E-state index in [1.165, 1.54) is 0 Å². The molecule has 1 aliphatic heterocycles. The normalized spacial score (nSPS) is 14.7. The summed E-state index contributed by atoms with van der Waals surface area (Å²) in [6.45, 7) is 8.51. The van der Waals surface area contributed by atoms with Crippen LogP contribution in [0.3, 0.4) is 0 Å². The second kappa shape index (κ2) is 17.4. The van der Waals surface area contributed by atoms with Gasteiger partial charge in [-0.2, -0.15) is 13.8 Å². The van der Waals surface area contributed by atoms with E-state index in [1.54, 1.807) is 0 Å². The Labute approximate surface area is 97.2 Å². The molecule has 0 aromatic rings. The van der Waals surface area contributed by atoms with E-state index in [9.17, 15) is 0 Å². The molecule has 1 aliphatic rings. The molecule has 1 fully saturated rings. The van der Waals surface area contributed by atoms with Crippen molar-refractivity contribution in [3.05, 3.63) is 13.0 Å². The van der Waals surface area contributed by atoms with Crippen molar-refractivity contribution in [2.75, 3.05) is 19.8 Å². The summed E-state index contributed by atoms with van der Waals surface area (Å²) in [4.78, 5) is 0. The maximum atomic E-state index is 4.95. The van der Waals surface area contributed by atoms with Gasteiger partial charge < -0.3 is 16.5 Å². The largest absolute Gasteiger partial charge is 0.466 e. The second-order valence-corrected chi connectivity index (χ2v) is 1.81. The average molecular weight is 502 g/mol. The van der Waals surface area contributed by atoms with Gasteiger partial charge in [-0.25, -0.2) is 6.54 Å². The fraction of sp³-hybridized carbons (Fsp3) is 0.714. The van der Waals surface area contributed by atoms with Crippen LogP contribution in [-0.2, 0) is 45.6 Å². The number of hydrogen-bond donors (Lipinski definition) is 1. The Morgan fingerprint density at radius 1 is 1.36 bits per heavy atom. The zero-order chi connectivity index (χ0) is 6.95. The van der Waals surface area contributed by atoms with E-state index in [-0.39, 0.29) is 40.8 Å². The molecule has 11 heavy (non-hydrogen) atoms. The summed E-state index contributed by atoms with van der Waals surface area (Å²) < 4.78 is 4.95. The fourth-order valence-electron chi connectivity index (χ4n) is 0.434. The molecular formula is C7H15NORe2-2. The molecule has 1 rings (SSSR count). The van der Waals surface area contributed by atoms with Crippen LogP contribution in [0.15, 0.2) is 0 Å². The van der Waals surface area contributed by atoms with Gasteiger partial charge in [-0.1, -0.05) is 6.61 Å². The Kier molecular flexibility index (Phi) is 28.6. The number of nitrogens with one attached hydrogen (secondary N) is 1. The van der Waals surface area contributed by atoms with Crippen molar-refractivity contribution in [2.24, 2.45) is 0 Å². The van der Waals surface area contributed by atoms with E-state index in [2.05, 4.69) is 5.32 Å². The minimum absolute atomic E-state index is 0. The Morgan fingerprint density at radius 3 is 2.00 bits per heavy atom. The summed E-state index contributed by atoms with van der Waals surface area (Å²) in [5.74, 6) is 0. The summed E-state index contributed by atoms with van der Waals surface area (Å²) >= 11 is 0. The quantitative estimate of drug-likeness (QED) is 0.500. The number of rotatable bonds is 0. The summed E-state index contributed by atoms with van der Waals surface area (Å²) in [7, 11) is 0. The Morgan fingerprint density at radius 2 is 1.91 bits per heavy atom. The Hall–Kier alpha value is 1.24. The summed E-state index contributed by atoms with van der Waals surface area (Å²) in [5, 5.41) is 3.03. The number of ether oxygens (including phenoxy) is 1. The first-order chi connectivity index (χ1) is 4.41. The molecule has 70 valence electrons. The van der Waals surface area contributed by atoms with Crippen LogP contribution in [0.2, 0.25) is 0 Å². The molecule has 0 aromatic heterocycles. The number of morpholine rings is 1. The van der Waals surface area contributed by atoms with Crippen molar-refractivity contribution < 1.29 is 45.6 Å². The van der Waals surface area contributed by atoms with Crippen molar-refractivity contribution in [1.82, 2.24) is 5.32 Å². The van der Waals surface area contributed by atoms with Gasteiger partial charge in [0, 0.05) is 40.8 Å². The van der Waals surface area contributed by atoms with Crippen LogP contribution in [0.4, 0.5) is 0 Å². The van der Waals surface area contributed by atoms with Crippen molar-refractivity contribution >= 4 is 0 Å². The van der Waals surface area contributed by atoms with Gasteiger partial charge in [-0.15, -0.1) is 0 Å². The average Bonchev–Trinajstić information content (AvgIpc) is 1.93. The molecule has 0 spiro atoms. The predicted molar refractivity (Wildman–Crippen MR) is 38.8 cm³/mol. The van der Waals surface area contributed by atoms with E-state index in [0.717, 1.165) is 19.8 Å². The molecule has 2 nitrogen and oxygen atoms in total. The summed E-state index contributed by atoms with van der Waals surface area (Å²) in [6, 6.07) is 0. The van der Waals surface area contributed by atoms with E-state index < -0.39 is 0 Å². The molecule has 0 amide bonds. The van der Waals surface area contributed by atoms with Crippen molar-refractivity contribution in [2.45, 2.75) is 13.8 Å². The Bertz CT molecular complexity index is 40.2. The van der Waals surface area contributed by atoms with E-state index in [0.29, 0.717) is 0 Å². The molecule has 0 atom stereocenters. The minimum Gasteiger partial charge on any atom is -0.466 e. The predicted octanol–water partition coefficient (Wildman–Crippen LogP) is 0.993. The van der Waals surface area contributed by atoms with Crippen LogP contribution < -0.4 is 5.32 Å². The van der Waals surface area contributed by atoms with Crippen LogP contribution >= 0.6 is 0 Å². The molecule has 1 saturated heterocycles.